The van der Waals surface area contributed by atoms with E-state index in [1.807, 2.05) is 42.5 Å². The van der Waals surface area contributed by atoms with Gasteiger partial charge in [0, 0.05) is 25.6 Å². The van der Waals surface area contributed by atoms with Gasteiger partial charge in [-0.15, -0.1) is 0 Å². The zero-order valence-electron chi connectivity index (χ0n) is 23.3. The van der Waals surface area contributed by atoms with Gasteiger partial charge in [-0.2, -0.15) is 0 Å². The summed E-state index contributed by atoms with van der Waals surface area (Å²) in [6, 6.07) is 27.3. The van der Waals surface area contributed by atoms with E-state index in [-0.39, 0.29) is 35.8 Å². The molecule has 1 fully saturated rings. The van der Waals surface area contributed by atoms with E-state index in [4.69, 9.17) is 4.74 Å². The highest BCUT2D eigenvalue weighted by atomic mass is 19.1. The summed E-state index contributed by atoms with van der Waals surface area (Å²) >= 11 is 0. The Hall–Kier alpha value is -4.78. The number of rotatable bonds is 7. The molecule has 0 unspecified atom stereocenters. The lowest BCUT2D eigenvalue weighted by molar-refractivity contribution is -0.122. The zero-order valence-corrected chi connectivity index (χ0v) is 23.3. The van der Waals surface area contributed by atoms with Crippen molar-refractivity contribution in [3.8, 4) is 11.1 Å². The Morgan fingerprint density at radius 1 is 0.929 bits per heavy atom. The first kappa shape index (κ1) is 27.4. The van der Waals surface area contributed by atoms with Crippen molar-refractivity contribution in [1.82, 2.24) is 10.2 Å². The molecular weight excluding hydrogens is 531 g/mol. The molecule has 42 heavy (non-hydrogen) atoms. The van der Waals surface area contributed by atoms with Crippen LogP contribution in [0.5, 0.6) is 0 Å². The fraction of sp³-hybridized carbons (Fsp3) is 0.229. The topological polar surface area (TPSA) is 75.7 Å². The molecular formula is C35H31FN2O4. The van der Waals surface area contributed by atoms with Crippen LogP contribution in [-0.2, 0) is 29.0 Å². The third-order valence-electron chi connectivity index (χ3n) is 8.30. The third kappa shape index (κ3) is 5.42. The molecule has 4 aromatic carbocycles. The molecule has 1 N–H and O–H groups in total. The predicted octanol–water partition coefficient (Wildman–Crippen LogP) is 5.90. The van der Waals surface area contributed by atoms with Crippen LogP contribution in [0.1, 0.15) is 55.3 Å². The summed E-state index contributed by atoms with van der Waals surface area (Å²) in [7, 11) is 1.35. The fourth-order valence-electron chi connectivity index (χ4n) is 5.95. The van der Waals surface area contributed by atoms with E-state index in [0.717, 1.165) is 34.2 Å². The number of hydrogen-bond acceptors (Lipinski definition) is 4. The monoisotopic (exact) mass is 562 g/mol. The second-order valence-corrected chi connectivity index (χ2v) is 10.8. The normalized spacial score (nSPS) is 17.2. The Bertz CT molecular complexity index is 1670. The third-order valence-corrected chi connectivity index (χ3v) is 8.30. The molecule has 6 nitrogen and oxygen atoms in total. The summed E-state index contributed by atoms with van der Waals surface area (Å²) in [5.74, 6) is -1.13. The number of nitrogens with zero attached hydrogens (tertiary/aromatic N) is 1. The van der Waals surface area contributed by atoms with Crippen molar-refractivity contribution < 1.29 is 23.5 Å². The van der Waals surface area contributed by atoms with Gasteiger partial charge < -0.3 is 15.0 Å². The lowest BCUT2D eigenvalue weighted by Crippen LogP contribution is -2.37. The molecule has 2 amide bonds. The van der Waals surface area contributed by atoms with Crippen molar-refractivity contribution in [2.24, 2.45) is 5.92 Å². The quantitative estimate of drug-likeness (QED) is 0.285. The lowest BCUT2D eigenvalue weighted by Gasteiger charge is -2.32. The largest absolute Gasteiger partial charge is 0.465 e. The number of carbonyl (C=O) groups is 3. The van der Waals surface area contributed by atoms with Crippen molar-refractivity contribution in [2.45, 2.75) is 31.8 Å². The van der Waals surface area contributed by atoms with Crippen molar-refractivity contribution in [3.63, 3.8) is 0 Å². The van der Waals surface area contributed by atoms with Gasteiger partial charge in [0.2, 0.25) is 5.91 Å². The zero-order chi connectivity index (χ0) is 29.2. The molecule has 2 atom stereocenters. The van der Waals surface area contributed by atoms with Crippen molar-refractivity contribution in [1.29, 1.82) is 0 Å². The molecule has 1 saturated carbocycles. The van der Waals surface area contributed by atoms with E-state index >= 15 is 0 Å². The molecule has 7 heteroatoms. The van der Waals surface area contributed by atoms with E-state index in [2.05, 4.69) is 17.4 Å². The van der Waals surface area contributed by atoms with Gasteiger partial charge in [-0.25, -0.2) is 9.18 Å². The number of ether oxygens (including phenoxy) is 1. The Labute approximate surface area is 244 Å². The van der Waals surface area contributed by atoms with E-state index < -0.39 is 11.8 Å². The van der Waals surface area contributed by atoms with Crippen molar-refractivity contribution in [3.05, 3.63) is 130 Å². The molecule has 0 saturated heterocycles. The highest BCUT2D eigenvalue weighted by molar-refractivity contribution is 5.95. The maximum atomic E-state index is 14.5. The van der Waals surface area contributed by atoms with E-state index in [9.17, 15) is 18.8 Å². The van der Waals surface area contributed by atoms with Gasteiger partial charge in [-0.05, 0) is 76.4 Å². The second-order valence-electron chi connectivity index (χ2n) is 10.8. The summed E-state index contributed by atoms with van der Waals surface area (Å²) < 4.78 is 19.4. The van der Waals surface area contributed by atoms with Gasteiger partial charge in [0.25, 0.3) is 5.91 Å². The van der Waals surface area contributed by atoms with Gasteiger partial charge in [-0.3, -0.25) is 9.59 Å². The average molecular weight is 563 g/mol. The fourth-order valence-corrected chi connectivity index (χ4v) is 5.95. The highest BCUT2D eigenvalue weighted by Gasteiger charge is 2.43. The van der Waals surface area contributed by atoms with Crippen molar-refractivity contribution in [2.75, 3.05) is 13.7 Å². The summed E-state index contributed by atoms with van der Waals surface area (Å²) in [5, 5.41) is 3.12. The molecule has 0 bridgehead atoms. The summed E-state index contributed by atoms with van der Waals surface area (Å²) in [6.45, 7) is 1.03. The predicted molar refractivity (Wildman–Crippen MR) is 157 cm³/mol. The number of hydrogen-bond donors (Lipinski definition) is 1. The van der Waals surface area contributed by atoms with Gasteiger partial charge >= 0.3 is 5.97 Å². The maximum absolute atomic E-state index is 14.5. The standard InChI is InChI=1S/C35H31FN2O4/c1-42-35(41)24-11-7-10-23(18-24)26-15-14-25(20-37-33(39)30-19-29(30)22-8-3-2-4-9-22)31-21-38(17-16-27(26)31)34(40)28-12-5-6-13-32(28)36/h2-15,18,29-30H,16-17,19-21H2,1H3,(H,37,39)/t29-,30-/m1/s1. The number of amides is 2. The van der Waals surface area contributed by atoms with Crippen LogP contribution in [0.4, 0.5) is 4.39 Å². The Morgan fingerprint density at radius 3 is 2.50 bits per heavy atom. The second kappa shape index (κ2) is 11.6. The Morgan fingerprint density at radius 2 is 1.71 bits per heavy atom. The average Bonchev–Trinajstić information content (AvgIpc) is 3.84. The van der Waals surface area contributed by atoms with E-state index in [0.29, 0.717) is 25.1 Å². The molecule has 0 aromatic heterocycles. The summed E-state index contributed by atoms with van der Waals surface area (Å²) in [6.07, 6.45) is 1.38. The Kier molecular flexibility index (Phi) is 7.57. The lowest BCUT2D eigenvalue weighted by atomic mass is 9.87. The molecule has 2 aliphatic rings. The van der Waals surface area contributed by atoms with Gasteiger partial charge in [0.15, 0.2) is 0 Å². The van der Waals surface area contributed by atoms with Gasteiger partial charge in [0.1, 0.15) is 5.82 Å². The van der Waals surface area contributed by atoms with Crippen molar-refractivity contribution >= 4 is 17.8 Å². The van der Waals surface area contributed by atoms with Crippen LogP contribution in [0.25, 0.3) is 11.1 Å². The molecule has 6 rings (SSSR count). The van der Waals surface area contributed by atoms with Crippen LogP contribution < -0.4 is 5.32 Å². The highest BCUT2D eigenvalue weighted by Crippen LogP contribution is 2.47. The molecule has 1 aliphatic carbocycles. The first-order valence-electron chi connectivity index (χ1n) is 14.1. The molecule has 0 spiro atoms. The van der Waals surface area contributed by atoms with E-state index in [1.165, 1.54) is 24.8 Å². The van der Waals surface area contributed by atoms with Gasteiger partial charge in [-0.1, -0.05) is 66.7 Å². The first-order valence-corrected chi connectivity index (χ1v) is 14.1. The van der Waals surface area contributed by atoms with Crippen LogP contribution in [0.3, 0.4) is 0 Å². The Balaban J connectivity index is 1.29. The molecule has 1 heterocycles. The minimum absolute atomic E-state index is 0.0163. The van der Waals surface area contributed by atoms with Gasteiger partial charge in [0.05, 0.1) is 18.2 Å². The molecule has 4 aromatic rings. The molecule has 1 aliphatic heterocycles. The van der Waals surface area contributed by atoms with Crippen LogP contribution in [0, 0.1) is 11.7 Å². The van der Waals surface area contributed by atoms with E-state index in [1.54, 1.807) is 29.2 Å². The van der Waals surface area contributed by atoms with Crippen LogP contribution in [0.15, 0.2) is 91.0 Å². The first-order chi connectivity index (χ1) is 20.4. The number of carbonyl (C=O) groups excluding carboxylic acids is 3. The number of benzene rings is 4. The SMILES string of the molecule is COC(=O)c1cccc(-c2ccc(CNC(=O)[C@@H]3C[C@@H]3c3ccccc3)c3c2CCN(C(=O)c2ccccc2F)C3)c1. The number of halogens is 1. The number of fused-ring (bicyclic) bond motifs is 1. The maximum Gasteiger partial charge on any atom is 0.337 e. The number of esters is 1. The van der Waals surface area contributed by atoms with Crippen LogP contribution in [-0.4, -0.2) is 36.3 Å². The van der Waals surface area contributed by atoms with Crippen LogP contribution >= 0.6 is 0 Å². The molecule has 212 valence electrons. The summed E-state index contributed by atoms with van der Waals surface area (Å²) in [4.78, 5) is 40.3. The number of methoxy groups -OCH3 is 1. The molecule has 0 radical (unpaired) electrons. The minimum atomic E-state index is -0.549. The number of nitrogens with one attached hydrogen (secondary N) is 1. The smallest absolute Gasteiger partial charge is 0.337 e. The summed E-state index contributed by atoms with van der Waals surface area (Å²) in [5.41, 5.74) is 6.38. The van der Waals surface area contributed by atoms with Crippen LogP contribution in [0.2, 0.25) is 0 Å². The minimum Gasteiger partial charge on any atom is -0.465 e.